The summed E-state index contributed by atoms with van der Waals surface area (Å²) < 4.78 is 4.43. The van der Waals surface area contributed by atoms with E-state index in [9.17, 15) is 9.59 Å². The number of rotatable bonds is 0. The minimum atomic E-state index is -0.617. The summed E-state index contributed by atoms with van der Waals surface area (Å²) in [6.45, 7) is 0. The predicted molar refractivity (Wildman–Crippen MR) is 45.6 cm³/mol. The number of esters is 2. The topological polar surface area (TPSA) is 43.4 Å². The fourth-order valence-corrected chi connectivity index (χ4v) is 1.41. The second-order valence-electron chi connectivity index (χ2n) is 2.74. The standard InChI is InChI=1S/C9H5ClO3/c10-6-2-1-5-3-8(11)13-9(12)7(5)4-6/h1-2,4H,3H2. The zero-order valence-corrected chi connectivity index (χ0v) is 7.30. The van der Waals surface area contributed by atoms with Gasteiger partial charge in [0, 0.05) is 5.02 Å². The van der Waals surface area contributed by atoms with Gasteiger partial charge in [-0.1, -0.05) is 17.7 Å². The van der Waals surface area contributed by atoms with E-state index >= 15 is 0 Å². The summed E-state index contributed by atoms with van der Waals surface area (Å²) in [6, 6.07) is 4.81. The molecule has 1 heterocycles. The Kier molecular flexibility index (Phi) is 1.81. The van der Waals surface area contributed by atoms with Crippen molar-refractivity contribution in [3.05, 3.63) is 34.3 Å². The first-order valence-corrected chi connectivity index (χ1v) is 4.08. The Morgan fingerprint density at radius 1 is 1.31 bits per heavy atom. The molecule has 1 aliphatic rings. The van der Waals surface area contributed by atoms with Crippen molar-refractivity contribution in [2.75, 3.05) is 0 Å². The predicted octanol–water partition coefficient (Wildman–Crippen LogP) is 1.58. The molecule has 0 fully saturated rings. The fraction of sp³-hybridized carbons (Fsp3) is 0.111. The number of carbonyl (C=O) groups excluding carboxylic acids is 2. The van der Waals surface area contributed by atoms with E-state index in [1.807, 2.05) is 0 Å². The third-order valence-electron chi connectivity index (χ3n) is 1.83. The van der Waals surface area contributed by atoms with E-state index in [4.69, 9.17) is 11.6 Å². The van der Waals surface area contributed by atoms with E-state index in [1.165, 1.54) is 6.07 Å². The molecule has 1 aliphatic heterocycles. The van der Waals surface area contributed by atoms with Crippen LogP contribution in [0.2, 0.25) is 5.02 Å². The van der Waals surface area contributed by atoms with Crippen LogP contribution in [0.15, 0.2) is 18.2 Å². The normalized spacial score (nSPS) is 15.2. The first-order chi connectivity index (χ1) is 6.16. The Labute approximate surface area is 79.3 Å². The molecule has 0 unspecified atom stereocenters. The van der Waals surface area contributed by atoms with Crippen LogP contribution in [0.5, 0.6) is 0 Å². The van der Waals surface area contributed by atoms with Crippen molar-refractivity contribution < 1.29 is 14.3 Å². The SMILES string of the molecule is O=C1Cc2ccc(Cl)cc2C(=O)O1. The van der Waals surface area contributed by atoms with Crippen molar-refractivity contribution in [1.82, 2.24) is 0 Å². The molecular formula is C9H5ClO3. The van der Waals surface area contributed by atoms with Crippen molar-refractivity contribution in [3.8, 4) is 0 Å². The van der Waals surface area contributed by atoms with Gasteiger partial charge in [-0.3, -0.25) is 4.79 Å². The monoisotopic (exact) mass is 196 g/mol. The van der Waals surface area contributed by atoms with Crippen LogP contribution in [0.25, 0.3) is 0 Å². The Hall–Kier alpha value is -1.35. The molecule has 13 heavy (non-hydrogen) atoms. The maximum atomic E-state index is 11.1. The maximum absolute atomic E-state index is 11.1. The summed E-state index contributed by atoms with van der Waals surface area (Å²) in [6.07, 6.45) is 0.137. The van der Waals surface area contributed by atoms with Crippen molar-refractivity contribution in [1.29, 1.82) is 0 Å². The number of carbonyl (C=O) groups is 2. The van der Waals surface area contributed by atoms with Gasteiger partial charge in [-0.2, -0.15) is 0 Å². The molecule has 2 rings (SSSR count). The number of fused-ring (bicyclic) bond motifs is 1. The van der Waals surface area contributed by atoms with Gasteiger partial charge >= 0.3 is 11.9 Å². The largest absolute Gasteiger partial charge is 0.389 e. The molecule has 1 aromatic rings. The highest BCUT2D eigenvalue weighted by molar-refractivity contribution is 6.31. The summed E-state index contributed by atoms with van der Waals surface area (Å²) in [7, 11) is 0. The average molecular weight is 197 g/mol. The van der Waals surface area contributed by atoms with Gasteiger partial charge in [0.2, 0.25) is 0 Å². The van der Waals surface area contributed by atoms with Crippen molar-refractivity contribution >= 4 is 23.5 Å². The molecule has 0 spiro atoms. The Balaban J connectivity index is 2.55. The van der Waals surface area contributed by atoms with Gasteiger partial charge in [-0.25, -0.2) is 4.79 Å². The van der Waals surface area contributed by atoms with Gasteiger partial charge in [0.1, 0.15) is 0 Å². The minimum absolute atomic E-state index is 0.137. The van der Waals surface area contributed by atoms with Gasteiger partial charge in [-0.05, 0) is 17.7 Å². The Morgan fingerprint density at radius 2 is 2.08 bits per heavy atom. The number of cyclic esters (lactones) is 2. The number of ether oxygens (including phenoxy) is 1. The summed E-state index contributed by atoms with van der Waals surface area (Å²) >= 11 is 5.69. The summed E-state index contributed by atoms with van der Waals surface area (Å²) in [5, 5.41) is 0.463. The van der Waals surface area contributed by atoms with Crippen molar-refractivity contribution in [2.45, 2.75) is 6.42 Å². The second-order valence-corrected chi connectivity index (χ2v) is 3.18. The van der Waals surface area contributed by atoms with Crippen molar-refractivity contribution in [2.24, 2.45) is 0 Å². The summed E-state index contributed by atoms with van der Waals surface area (Å²) in [5.74, 6) is -1.13. The molecule has 0 N–H and O–H groups in total. The lowest BCUT2D eigenvalue weighted by Gasteiger charge is -2.13. The van der Waals surface area contributed by atoms with Gasteiger partial charge < -0.3 is 4.74 Å². The van der Waals surface area contributed by atoms with E-state index in [0.29, 0.717) is 16.1 Å². The van der Waals surface area contributed by atoms with Crippen LogP contribution in [0.3, 0.4) is 0 Å². The lowest BCUT2D eigenvalue weighted by atomic mass is 10.0. The third-order valence-corrected chi connectivity index (χ3v) is 2.07. The number of hydrogen-bond acceptors (Lipinski definition) is 3. The molecule has 0 amide bonds. The smallest absolute Gasteiger partial charge is 0.346 e. The van der Waals surface area contributed by atoms with Gasteiger partial charge in [0.25, 0.3) is 0 Å². The molecule has 0 saturated carbocycles. The van der Waals surface area contributed by atoms with E-state index in [2.05, 4.69) is 4.74 Å². The summed E-state index contributed by atoms with van der Waals surface area (Å²) in [5.41, 5.74) is 1.05. The Bertz CT molecular complexity index is 398. The molecule has 0 aliphatic carbocycles. The number of hydrogen-bond donors (Lipinski definition) is 0. The first-order valence-electron chi connectivity index (χ1n) is 3.70. The third kappa shape index (κ3) is 1.42. The molecule has 66 valence electrons. The molecule has 0 radical (unpaired) electrons. The van der Waals surface area contributed by atoms with E-state index in [-0.39, 0.29) is 6.42 Å². The van der Waals surface area contributed by atoms with Crippen LogP contribution >= 0.6 is 11.6 Å². The molecule has 0 saturated heterocycles. The highest BCUT2D eigenvalue weighted by Gasteiger charge is 2.24. The Morgan fingerprint density at radius 3 is 2.85 bits per heavy atom. The maximum Gasteiger partial charge on any atom is 0.346 e. The van der Waals surface area contributed by atoms with Crippen LogP contribution in [-0.4, -0.2) is 11.9 Å². The molecular weight excluding hydrogens is 192 g/mol. The quantitative estimate of drug-likeness (QED) is 0.467. The zero-order chi connectivity index (χ0) is 9.42. The molecule has 1 aromatic carbocycles. The fourth-order valence-electron chi connectivity index (χ4n) is 1.24. The number of benzene rings is 1. The van der Waals surface area contributed by atoms with Crippen LogP contribution in [0.4, 0.5) is 0 Å². The van der Waals surface area contributed by atoms with E-state index in [0.717, 1.165) is 0 Å². The minimum Gasteiger partial charge on any atom is -0.389 e. The zero-order valence-electron chi connectivity index (χ0n) is 6.54. The van der Waals surface area contributed by atoms with Crippen LogP contribution in [-0.2, 0) is 16.0 Å². The second kappa shape index (κ2) is 2.85. The molecule has 0 atom stereocenters. The molecule has 0 aromatic heterocycles. The highest BCUT2D eigenvalue weighted by atomic mass is 35.5. The number of halogens is 1. The van der Waals surface area contributed by atoms with Gasteiger partial charge in [0.15, 0.2) is 0 Å². The van der Waals surface area contributed by atoms with E-state index < -0.39 is 11.9 Å². The molecule has 4 heteroatoms. The average Bonchev–Trinajstić information content (AvgIpc) is 2.06. The first kappa shape index (κ1) is 8.26. The molecule has 0 bridgehead atoms. The van der Waals surface area contributed by atoms with Crippen molar-refractivity contribution in [3.63, 3.8) is 0 Å². The lowest BCUT2D eigenvalue weighted by molar-refractivity contribution is -0.137. The lowest BCUT2D eigenvalue weighted by Crippen LogP contribution is -2.22. The van der Waals surface area contributed by atoms with Crippen LogP contribution < -0.4 is 0 Å². The highest BCUT2D eigenvalue weighted by Crippen LogP contribution is 2.21. The van der Waals surface area contributed by atoms with Gasteiger partial charge in [0.05, 0.1) is 12.0 Å². The summed E-state index contributed by atoms with van der Waals surface area (Å²) in [4.78, 5) is 22.0. The van der Waals surface area contributed by atoms with Crippen LogP contribution in [0.1, 0.15) is 15.9 Å². The van der Waals surface area contributed by atoms with E-state index in [1.54, 1.807) is 12.1 Å². The van der Waals surface area contributed by atoms with Crippen LogP contribution in [0, 0.1) is 0 Å². The van der Waals surface area contributed by atoms with Gasteiger partial charge in [-0.15, -0.1) is 0 Å². The molecule has 3 nitrogen and oxygen atoms in total.